The minimum atomic E-state index is -3.04. The third-order valence-corrected chi connectivity index (χ3v) is 3.97. The number of amides is 1. The monoisotopic (exact) mass is 394 g/mol. The molecule has 1 amide bonds. The molecule has 0 aliphatic heterocycles. The second kappa shape index (κ2) is 7.41. The van der Waals surface area contributed by atoms with Gasteiger partial charge in [0, 0.05) is 0 Å². The average molecular weight is 394 g/mol. The number of aromatic amines is 1. The summed E-state index contributed by atoms with van der Waals surface area (Å²) in [4.78, 5) is 20.7. The number of halogens is 3. The van der Waals surface area contributed by atoms with Crippen LogP contribution in [-0.2, 0) is 0 Å². The normalized spacial score (nSPS) is 13.0. The summed E-state index contributed by atoms with van der Waals surface area (Å²) in [6.45, 7) is 5.38. The van der Waals surface area contributed by atoms with Gasteiger partial charge in [-0.1, -0.05) is 38.1 Å². The molecule has 2 heterocycles. The van der Waals surface area contributed by atoms with Gasteiger partial charge in [0.1, 0.15) is 18.2 Å². The molecule has 0 bridgehead atoms. The quantitative estimate of drug-likeness (QED) is 0.686. The van der Waals surface area contributed by atoms with E-state index < -0.39 is 40.7 Å². The molecular weight excluding hydrogens is 377 g/mol. The van der Waals surface area contributed by atoms with Crippen molar-refractivity contribution < 1.29 is 22.5 Å². The van der Waals surface area contributed by atoms with Crippen LogP contribution in [0.3, 0.4) is 0 Å². The van der Waals surface area contributed by atoms with Crippen molar-refractivity contribution in [2.45, 2.75) is 33.2 Å². The van der Waals surface area contributed by atoms with E-state index in [-0.39, 0.29) is 17.5 Å². The van der Waals surface area contributed by atoms with Crippen LogP contribution >= 0.6 is 0 Å². The maximum Gasteiger partial charge on any atom is 0.266 e. The Bertz CT molecular complexity index is 966. The number of carbonyl (C=O) groups is 1. The second-order valence-corrected chi connectivity index (χ2v) is 7.07. The Morgan fingerprint density at radius 3 is 2.64 bits per heavy atom. The Balaban J connectivity index is 1.90. The highest BCUT2D eigenvalue weighted by Crippen LogP contribution is 2.33. The SMILES string of the molecule is CC(C)(C)C(NC(=O)c1cccc(C(F)F)c1F)c1nc(-c2ncn[nH]2)no1. The lowest BCUT2D eigenvalue weighted by atomic mass is 9.86. The maximum absolute atomic E-state index is 14.3. The molecule has 2 N–H and O–H groups in total. The second-order valence-electron chi connectivity index (χ2n) is 7.07. The Hall–Kier alpha value is -3.24. The Labute approximate surface area is 157 Å². The molecule has 2 aromatic heterocycles. The number of hydrogen-bond acceptors (Lipinski definition) is 6. The lowest BCUT2D eigenvalue weighted by Gasteiger charge is -2.28. The van der Waals surface area contributed by atoms with E-state index in [1.54, 1.807) is 20.8 Å². The fourth-order valence-corrected chi connectivity index (χ4v) is 2.51. The number of nitrogens with zero attached hydrogens (tertiary/aromatic N) is 4. The fourth-order valence-electron chi connectivity index (χ4n) is 2.51. The highest BCUT2D eigenvalue weighted by atomic mass is 19.3. The van der Waals surface area contributed by atoms with E-state index in [1.807, 2.05) is 0 Å². The number of alkyl halides is 2. The zero-order chi connectivity index (χ0) is 20.5. The number of nitrogens with one attached hydrogen (secondary N) is 2. The highest BCUT2D eigenvalue weighted by molar-refractivity contribution is 5.95. The molecule has 28 heavy (non-hydrogen) atoms. The first-order valence-electron chi connectivity index (χ1n) is 8.25. The third kappa shape index (κ3) is 3.87. The molecule has 0 spiro atoms. The molecule has 0 saturated heterocycles. The van der Waals surface area contributed by atoms with Gasteiger partial charge in [-0.2, -0.15) is 10.1 Å². The van der Waals surface area contributed by atoms with Gasteiger partial charge in [-0.3, -0.25) is 9.89 Å². The van der Waals surface area contributed by atoms with Gasteiger partial charge in [0.15, 0.2) is 5.82 Å². The van der Waals surface area contributed by atoms with Gasteiger partial charge >= 0.3 is 0 Å². The van der Waals surface area contributed by atoms with Crippen molar-refractivity contribution >= 4 is 5.91 Å². The van der Waals surface area contributed by atoms with E-state index in [0.29, 0.717) is 0 Å². The summed E-state index contributed by atoms with van der Waals surface area (Å²) >= 11 is 0. The Morgan fingerprint density at radius 1 is 1.29 bits per heavy atom. The molecule has 11 heteroatoms. The molecule has 0 fully saturated rings. The smallest absolute Gasteiger partial charge is 0.266 e. The molecule has 0 aliphatic rings. The Kier molecular flexibility index (Phi) is 5.16. The highest BCUT2D eigenvalue weighted by Gasteiger charge is 2.34. The minimum absolute atomic E-state index is 0.0534. The fraction of sp³-hybridized carbons (Fsp3) is 0.353. The van der Waals surface area contributed by atoms with Gasteiger partial charge in [-0.15, -0.1) is 0 Å². The number of rotatable bonds is 5. The van der Waals surface area contributed by atoms with E-state index in [2.05, 4.69) is 30.6 Å². The van der Waals surface area contributed by atoms with Crippen LogP contribution in [0.25, 0.3) is 11.6 Å². The molecule has 3 rings (SSSR count). The number of H-pyrrole nitrogens is 1. The average Bonchev–Trinajstić information content (AvgIpc) is 3.29. The van der Waals surface area contributed by atoms with E-state index in [1.165, 1.54) is 12.4 Å². The number of benzene rings is 1. The van der Waals surface area contributed by atoms with Crippen molar-refractivity contribution in [1.82, 2.24) is 30.6 Å². The zero-order valence-electron chi connectivity index (χ0n) is 15.2. The van der Waals surface area contributed by atoms with Crippen LogP contribution in [0.15, 0.2) is 29.0 Å². The van der Waals surface area contributed by atoms with E-state index in [9.17, 15) is 18.0 Å². The molecule has 8 nitrogen and oxygen atoms in total. The van der Waals surface area contributed by atoms with Crippen molar-refractivity contribution in [3.63, 3.8) is 0 Å². The van der Waals surface area contributed by atoms with Crippen LogP contribution in [0.4, 0.5) is 13.2 Å². The number of aromatic nitrogens is 5. The van der Waals surface area contributed by atoms with Crippen LogP contribution in [0, 0.1) is 11.2 Å². The molecule has 1 atom stereocenters. The van der Waals surface area contributed by atoms with Gasteiger partial charge in [0.05, 0.1) is 11.1 Å². The van der Waals surface area contributed by atoms with Crippen molar-refractivity contribution in [3.05, 3.63) is 47.4 Å². The summed E-state index contributed by atoms with van der Waals surface area (Å²) in [5.41, 5.74) is -1.95. The van der Waals surface area contributed by atoms with Crippen molar-refractivity contribution in [1.29, 1.82) is 0 Å². The zero-order valence-corrected chi connectivity index (χ0v) is 15.2. The summed E-state index contributed by atoms with van der Waals surface area (Å²) in [5, 5.41) is 12.6. The van der Waals surface area contributed by atoms with Gasteiger partial charge in [-0.25, -0.2) is 18.2 Å². The van der Waals surface area contributed by atoms with Gasteiger partial charge < -0.3 is 9.84 Å². The summed E-state index contributed by atoms with van der Waals surface area (Å²) in [6, 6.07) is 2.43. The molecule has 0 aliphatic carbocycles. The van der Waals surface area contributed by atoms with Crippen LogP contribution in [0.1, 0.15) is 55.1 Å². The molecule has 1 aromatic carbocycles. The molecule has 0 saturated carbocycles. The number of hydrogen-bond donors (Lipinski definition) is 2. The largest absolute Gasteiger partial charge is 0.340 e. The van der Waals surface area contributed by atoms with Crippen LogP contribution < -0.4 is 5.32 Å². The first-order valence-corrected chi connectivity index (χ1v) is 8.25. The first kappa shape index (κ1) is 19.5. The van der Waals surface area contributed by atoms with E-state index in [4.69, 9.17) is 4.52 Å². The number of carbonyl (C=O) groups excluding carboxylic acids is 1. The van der Waals surface area contributed by atoms with Gasteiger partial charge in [0.25, 0.3) is 12.3 Å². The summed E-state index contributed by atoms with van der Waals surface area (Å²) in [6.07, 6.45) is -1.76. The summed E-state index contributed by atoms with van der Waals surface area (Å²) in [7, 11) is 0. The van der Waals surface area contributed by atoms with E-state index in [0.717, 1.165) is 12.1 Å². The lowest BCUT2D eigenvalue weighted by Crippen LogP contribution is -2.37. The standard InChI is InChI=1S/C17H17F3N6O2/c1-17(2,3)11(16-24-14(26-28-16)13-21-7-22-25-13)23-15(27)9-6-4-5-8(10(9)18)12(19)20/h4-7,11-12H,1-3H3,(H,23,27)(H,21,22,25). The Morgan fingerprint density at radius 2 is 2.04 bits per heavy atom. The third-order valence-electron chi connectivity index (χ3n) is 3.97. The summed E-state index contributed by atoms with van der Waals surface area (Å²) in [5.74, 6) is -1.70. The van der Waals surface area contributed by atoms with Crippen molar-refractivity contribution in [3.8, 4) is 11.6 Å². The summed E-state index contributed by atoms with van der Waals surface area (Å²) < 4.78 is 45.3. The van der Waals surface area contributed by atoms with Gasteiger partial charge in [-0.05, 0) is 11.5 Å². The maximum atomic E-state index is 14.3. The van der Waals surface area contributed by atoms with Crippen molar-refractivity contribution in [2.24, 2.45) is 5.41 Å². The van der Waals surface area contributed by atoms with Crippen molar-refractivity contribution in [2.75, 3.05) is 0 Å². The lowest BCUT2D eigenvalue weighted by molar-refractivity contribution is 0.0875. The van der Waals surface area contributed by atoms with Crippen LogP contribution in [-0.4, -0.2) is 31.2 Å². The molecule has 3 aromatic rings. The molecule has 0 radical (unpaired) electrons. The van der Waals surface area contributed by atoms with Crippen LogP contribution in [0.2, 0.25) is 0 Å². The predicted molar refractivity (Wildman–Crippen MR) is 90.7 cm³/mol. The van der Waals surface area contributed by atoms with Crippen LogP contribution in [0.5, 0.6) is 0 Å². The molecular formula is C17H17F3N6O2. The first-order chi connectivity index (χ1) is 13.2. The van der Waals surface area contributed by atoms with E-state index >= 15 is 0 Å². The van der Waals surface area contributed by atoms with Gasteiger partial charge in [0.2, 0.25) is 11.7 Å². The molecule has 1 unspecified atom stereocenters. The predicted octanol–water partition coefficient (Wildman–Crippen LogP) is 3.45. The minimum Gasteiger partial charge on any atom is -0.340 e. The topological polar surface area (TPSA) is 110 Å². The molecule has 148 valence electrons.